The van der Waals surface area contributed by atoms with Gasteiger partial charge in [-0.05, 0) is 37.1 Å². The number of aromatic nitrogens is 2. The summed E-state index contributed by atoms with van der Waals surface area (Å²) in [5.74, 6) is 0.616. The van der Waals surface area contributed by atoms with E-state index in [4.69, 9.17) is 4.74 Å². The highest BCUT2D eigenvalue weighted by atomic mass is 16.5. The SMILES string of the molecule is O=C(c1cnc2ccccn2c1=O)N1CCCC2(C=Cc3ccccc3O2)CC1. The maximum Gasteiger partial charge on any atom is 0.270 e. The fourth-order valence-corrected chi connectivity index (χ4v) is 4.15. The van der Waals surface area contributed by atoms with Gasteiger partial charge in [-0.3, -0.25) is 14.0 Å². The fraction of sp³-hybridized carbons (Fsp3) is 0.261. The van der Waals surface area contributed by atoms with Crippen LogP contribution in [0.25, 0.3) is 11.7 Å². The first-order valence-corrected chi connectivity index (χ1v) is 9.88. The molecule has 1 amide bonds. The third-order valence-corrected chi connectivity index (χ3v) is 5.76. The molecule has 0 aliphatic carbocycles. The Morgan fingerprint density at radius 2 is 1.93 bits per heavy atom. The topological polar surface area (TPSA) is 63.9 Å². The fourth-order valence-electron chi connectivity index (χ4n) is 4.15. The quantitative estimate of drug-likeness (QED) is 0.643. The highest BCUT2D eigenvalue weighted by molar-refractivity contribution is 5.93. The number of hydrogen-bond donors (Lipinski definition) is 0. The number of benzene rings is 1. The van der Waals surface area contributed by atoms with E-state index in [0.717, 1.165) is 24.2 Å². The smallest absolute Gasteiger partial charge is 0.270 e. The lowest BCUT2D eigenvalue weighted by Crippen LogP contribution is -2.39. The van der Waals surface area contributed by atoms with Crippen LogP contribution in [-0.2, 0) is 0 Å². The van der Waals surface area contributed by atoms with Crippen LogP contribution in [0.5, 0.6) is 5.75 Å². The van der Waals surface area contributed by atoms with E-state index in [9.17, 15) is 9.59 Å². The van der Waals surface area contributed by atoms with Crippen molar-refractivity contribution in [2.45, 2.75) is 24.9 Å². The standard InChI is InChI=1S/C23H21N3O3/c27-21(18-16-24-20-8-3-4-14-26(20)22(18)28)25-13-5-10-23(12-15-25)11-9-17-6-1-2-7-19(17)29-23/h1-4,6-9,11,14,16H,5,10,12-13,15H2. The molecular formula is C23H21N3O3. The molecule has 29 heavy (non-hydrogen) atoms. The Bertz CT molecular complexity index is 1180. The van der Waals surface area contributed by atoms with Gasteiger partial charge in [0.15, 0.2) is 0 Å². The van der Waals surface area contributed by atoms with E-state index in [-0.39, 0.29) is 17.0 Å². The molecule has 0 N–H and O–H groups in total. The molecule has 6 nitrogen and oxygen atoms in total. The Labute approximate surface area is 168 Å². The third kappa shape index (κ3) is 3.10. The van der Waals surface area contributed by atoms with Crippen molar-refractivity contribution in [2.24, 2.45) is 0 Å². The molecule has 0 bridgehead atoms. The Balaban J connectivity index is 1.39. The minimum Gasteiger partial charge on any atom is -0.483 e. The molecule has 0 saturated carbocycles. The molecule has 2 aliphatic heterocycles. The van der Waals surface area contributed by atoms with Gasteiger partial charge in [0.1, 0.15) is 22.6 Å². The molecule has 3 aromatic rings. The number of para-hydroxylation sites is 1. The number of likely N-dealkylation sites (tertiary alicyclic amines) is 1. The number of carbonyl (C=O) groups excluding carboxylic acids is 1. The summed E-state index contributed by atoms with van der Waals surface area (Å²) in [5, 5.41) is 0. The summed E-state index contributed by atoms with van der Waals surface area (Å²) in [5.41, 5.74) is 0.978. The predicted molar refractivity (Wildman–Crippen MR) is 110 cm³/mol. The first-order valence-electron chi connectivity index (χ1n) is 9.88. The van der Waals surface area contributed by atoms with Crippen LogP contribution in [0.3, 0.4) is 0 Å². The molecule has 1 saturated heterocycles. The van der Waals surface area contributed by atoms with Gasteiger partial charge in [-0.25, -0.2) is 4.98 Å². The summed E-state index contributed by atoms with van der Waals surface area (Å²) in [4.78, 5) is 31.9. The molecule has 1 aromatic carbocycles. The van der Waals surface area contributed by atoms with Gasteiger partial charge in [0.2, 0.25) is 0 Å². The zero-order chi connectivity index (χ0) is 19.8. The summed E-state index contributed by atoms with van der Waals surface area (Å²) in [6, 6.07) is 13.3. The van der Waals surface area contributed by atoms with Gasteiger partial charge >= 0.3 is 0 Å². The van der Waals surface area contributed by atoms with Gasteiger partial charge < -0.3 is 9.64 Å². The summed E-state index contributed by atoms with van der Waals surface area (Å²) < 4.78 is 7.77. The van der Waals surface area contributed by atoms with Gasteiger partial charge in [0, 0.05) is 37.5 Å². The Morgan fingerprint density at radius 3 is 2.86 bits per heavy atom. The second-order valence-corrected chi connectivity index (χ2v) is 7.59. The third-order valence-electron chi connectivity index (χ3n) is 5.76. The predicted octanol–water partition coefficient (Wildman–Crippen LogP) is 3.17. The maximum absolute atomic E-state index is 13.1. The normalized spacial score (nSPS) is 20.9. The molecule has 0 radical (unpaired) electrons. The largest absolute Gasteiger partial charge is 0.483 e. The van der Waals surface area contributed by atoms with Crippen molar-refractivity contribution in [3.63, 3.8) is 0 Å². The molecule has 4 heterocycles. The highest BCUT2D eigenvalue weighted by Gasteiger charge is 2.36. The Kier molecular flexibility index (Phi) is 4.19. The molecule has 1 atom stereocenters. The Morgan fingerprint density at radius 1 is 1.07 bits per heavy atom. The number of carbonyl (C=O) groups is 1. The molecule has 6 heteroatoms. The summed E-state index contributed by atoms with van der Waals surface area (Å²) in [6.07, 6.45) is 9.58. The second kappa shape index (κ2) is 6.88. The maximum atomic E-state index is 13.1. The van der Waals surface area contributed by atoms with Crippen LogP contribution in [0.4, 0.5) is 0 Å². The molecular weight excluding hydrogens is 366 g/mol. The molecule has 2 aliphatic rings. The number of hydrogen-bond acceptors (Lipinski definition) is 4. The molecule has 1 fully saturated rings. The lowest BCUT2D eigenvalue weighted by Gasteiger charge is -2.34. The van der Waals surface area contributed by atoms with E-state index in [1.807, 2.05) is 30.3 Å². The lowest BCUT2D eigenvalue weighted by atomic mass is 9.91. The molecule has 1 unspecified atom stereocenters. The van der Waals surface area contributed by atoms with Crippen LogP contribution < -0.4 is 10.3 Å². The number of ether oxygens (including phenoxy) is 1. The van der Waals surface area contributed by atoms with E-state index in [2.05, 4.69) is 17.1 Å². The van der Waals surface area contributed by atoms with Crippen molar-refractivity contribution < 1.29 is 9.53 Å². The van der Waals surface area contributed by atoms with Crippen molar-refractivity contribution in [3.05, 3.63) is 82.4 Å². The number of rotatable bonds is 1. The molecule has 146 valence electrons. The van der Waals surface area contributed by atoms with Gasteiger partial charge in [0.25, 0.3) is 11.5 Å². The van der Waals surface area contributed by atoms with Crippen molar-refractivity contribution in [3.8, 4) is 5.75 Å². The van der Waals surface area contributed by atoms with E-state index in [1.165, 1.54) is 10.6 Å². The summed E-state index contributed by atoms with van der Waals surface area (Å²) >= 11 is 0. The number of fused-ring (bicyclic) bond motifs is 2. The zero-order valence-corrected chi connectivity index (χ0v) is 16.0. The van der Waals surface area contributed by atoms with E-state index < -0.39 is 5.60 Å². The van der Waals surface area contributed by atoms with Crippen LogP contribution >= 0.6 is 0 Å². The molecule has 2 aromatic heterocycles. The van der Waals surface area contributed by atoms with Crippen molar-refractivity contribution >= 4 is 17.6 Å². The van der Waals surface area contributed by atoms with E-state index in [0.29, 0.717) is 25.2 Å². The highest BCUT2D eigenvalue weighted by Crippen LogP contribution is 2.37. The van der Waals surface area contributed by atoms with Gasteiger partial charge in [0.05, 0.1) is 0 Å². The first-order chi connectivity index (χ1) is 14.2. The number of pyridine rings is 1. The minimum atomic E-state index is -0.403. The number of nitrogens with zero attached hydrogens (tertiary/aromatic N) is 3. The first kappa shape index (κ1) is 17.7. The van der Waals surface area contributed by atoms with Gasteiger partial charge in [-0.2, -0.15) is 0 Å². The van der Waals surface area contributed by atoms with Crippen LogP contribution in [0.1, 0.15) is 35.2 Å². The van der Waals surface area contributed by atoms with Crippen LogP contribution in [0.2, 0.25) is 0 Å². The van der Waals surface area contributed by atoms with E-state index in [1.54, 1.807) is 23.2 Å². The molecule has 5 rings (SSSR count). The monoisotopic (exact) mass is 387 g/mol. The van der Waals surface area contributed by atoms with E-state index >= 15 is 0 Å². The summed E-state index contributed by atoms with van der Waals surface area (Å²) in [7, 11) is 0. The summed E-state index contributed by atoms with van der Waals surface area (Å²) in [6.45, 7) is 1.12. The van der Waals surface area contributed by atoms with Crippen molar-refractivity contribution in [2.75, 3.05) is 13.1 Å². The lowest BCUT2D eigenvalue weighted by molar-refractivity contribution is 0.0728. The average Bonchev–Trinajstić information content (AvgIpc) is 2.96. The van der Waals surface area contributed by atoms with Crippen LogP contribution in [0, 0.1) is 0 Å². The van der Waals surface area contributed by atoms with Gasteiger partial charge in [-0.15, -0.1) is 0 Å². The van der Waals surface area contributed by atoms with Crippen molar-refractivity contribution in [1.82, 2.24) is 14.3 Å². The Hall–Kier alpha value is -3.41. The average molecular weight is 387 g/mol. The van der Waals surface area contributed by atoms with Crippen LogP contribution in [-0.4, -0.2) is 38.9 Å². The number of amides is 1. The van der Waals surface area contributed by atoms with Crippen LogP contribution in [0.15, 0.2) is 65.7 Å². The van der Waals surface area contributed by atoms with Gasteiger partial charge in [-0.1, -0.05) is 30.3 Å². The zero-order valence-electron chi connectivity index (χ0n) is 16.0. The van der Waals surface area contributed by atoms with Crippen molar-refractivity contribution in [1.29, 1.82) is 0 Å². The molecule has 1 spiro atoms. The second-order valence-electron chi connectivity index (χ2n) is 7.59. The minimum absolute atomic E-state index is 0.107.